The van der Waals surface area contributed by atoms with Crippen LogP contribution in [0.2, 0.25) is 10.0 Å². The fourth-order valence-corrected chi connectivity index (χ4v) is 3.87. The zero-order chi connectivity index (χ0) is 22.9. The molecule has 1 atom stereocenters. The van der Waals surface area contributed by atoms with Gasteiger partial charge in [-0.25, -0.2) is 0 Å². The fourth-order valence-electron chi connectivity index (χ4n) is 3.40. The first-order chi connectivity index (χ1) is 15.4. The average molecular weight is 469 g/mol. The molecule has 6 heteroatoms. The topological polar surface area (TPSA) is 49.4 Å². The molecule has 0 aromatic heterocycles. The number of rotatable bonds is 9. The number of nitrogens with one attached hydrogen (secondary N) is 1. The summed E-state index contributed by atoms with van der Waals surface area (Å²) in [5.74, 6) is -0.301. The molecular weight excluding hydrogens is 443 g/mol. The Bertz CT molecular complexity index is 1040. The van der Waals surface area contributed by atoms with E-state index in [1.54, 1.807) is 30.0 Å². The molecule has 2 amide bonds. The van der Waals surface area contributed by atoms with Crippen molar-refractivity contribution < 1.29 is 9.59 Å². The van der Waals surface area contributed by atoms with Crippen molar-refractivity contribution in [2.24, 2.45) is 0 Å². The zero-order valence-corrected chi connectivity index (χ0v) is 19.4. The highest BCUT2D eigenvalue weighted by Crippen LogP contribution is 2.21. The molecule has 0 saturated heterocycles. The number of aryl methyl sites for hydroxylation is 1. The van der Waals surface area contributed by atoms with E-state index < -0.39 is 6.04 Å². The van der Waals surface area contributed by atoms with Crippen molar-refractivity contribution in [1.29, 1.82) is 0 Å². The van der Waals surface area contributed by atoms with Crippen LogP contribution in [0, 0.1) is 0 Å². The van der Waals surface area contributed by atoms with Crippen molar-refractivity contribution in [3.05, 3.63) is 106 Å². The molecule has 0 saturated carbocycles. The summed E-state index contributed by atoms with van der Waals surface area (Å²) in [5.41, 5.74) is 2.83. The SMILES string of the molecule is C[C@H](C(=O)NCc1ccc(Cl)cc1Cl)N(Cc1ccccc1)C(=O)CCc1ccccc1. The maximum Gasteiger partial charge on any atom is 0.242 e. The van der Waals surface area contributed by atoms with Crippen LogP contribution in [0.15, 0.2) is 78.9 Å². The van der Waals surface area contributed by atoms with E-state index in [-0.39, 0.29) is 18.4 Å². The van der Waals surface area contributed by atoms with Crippen LogP contribution in [-0.4, -0.2) is 22.8 Å². The highest BCUT2D eigenvalue weighted by molar-refractivity contribution is 6.35. The lowest BCUT2D eigenvalue weighted by molar-refractivity contribution is -0.140. The molecule has 4 nitrogen and oxygen atoms in total. The molecule has 166 valence electrons. The van der Waals surface area contributed by atoms with Crippen LogP contribution in [0.25, 0.3) is 0 Å². The van der Waals surface area contributed by atoms with Gasteiger partial charge in [-0.05, 0) is 42.2 Å². The molecule has 3 aromatic rings. The molecule has 3 rings (SSSR count). The number of nitrogens with zero attached hydrogens (tertiary/aromatic N) is 1. The summed E-state index contributed by atoms with van der Waals surface area (Å²) >= 11 is 12.2. The quantitative estimate of drug-likeness (QED) is 0.440. The number of hydrogen-bond acceptors (Lipinski definition) is 2. The van der Waals surface area contributed by atoms with E-state index in [0.29, 0.717) is 29.4 Å². The average Bonchev–Trinajstić information content (AvgIpc) is 2.81. The number of amides is 2. The van der Waals surface area contributed by atoms with Crippen molar-refractivity contribution in [3.63, 3.8) is 0 Å². The Balaban J connectivity index is 1.69. The van der Waals surface area contributed by atoms with Crippen LogP contribution < -0.4 is 5.32 Å². The van der Waals surface area contributed by atoms with Gasteiger partial charge < -0.3 is 10.2 Å². The van der Waals surface area contributed by atoms with Crippen LogP contribution in [0.3, 0.4) is 0 Å². The number of hydrogen-bond donors (Lipinski definition) is 1. The van der Waals surface area contributed by atoms with E-state index >= 15 is 0 Å². The second-order valence-corrected chi connectivity index (χ2v) is 8.47. The molecule has 32 heavy (non-hydrogen) atoms. The second kappa shape index (κ2) is 11.7. The van der Waals surface area contributed by atoms with Crippen LogP contribution in [0.1, 0.15) is 30.0 Å². The summed E-state index contributed by atoms with van der Waals surface area (Å²) < 4.78 is 0. The van der Waals surface area contributed by atoms with Gasteiger partial charge in [-0.1, -0.05) is 89.9 Å². The molecule has 0 fully saturated rings. The third kappa shape index (κ3) is 6.84. The number of halogens is 2. The normalized spacial score (nSPS) is 11.6. The molecular formula is C26H26Cl2N2O2. The smallest absolute Gasteiger partial charge is 0.242 e. The first-order valence-corrected chi connectivity index (χ1v) is 11.3. The van der Waals surface area contributed by atoms with E-state index in [1.165, 1.54) is 0 Å². The summed E-state index contributed by atoms with van der Waals surface area (Å²) in [6.07, 6.45) is 0.956. The van der Waals surface area contributed by atoms with Gasteiger partial charge in [0.1, 0.15) is 6.04 Å². The van der Waals surface area contributed by atoms with Crippen molar-refractivity contribution in [1.82, 2.24) is 10.2 Å². The molecule has 1 N–H and O–H groups in total. The lowest BCUT2D eigenvalue weighted by Crippen LogP contribution is -2.47. The van der Waals surface area contributed by atoms with Crippen LogP contribution in [0.4, 0.5) is 0 Å². The van der Waals surface area contributed by atoms with Crippen LogP contribution in [-0.2, 0) is 29.1 Å². The fraction of sp³-hybridized carbons (Fsp3) is 0.231. The summed E-state index contributed by atoms with van der Waals surface area (Å²) in [4.78, 5) is 27.7. The van der Waals surface area contributed by atoms with Gasteiger partial charge in [0.25, 0.3) is 0 Å². The molecule has 0 aliphatic rings. The Kier molecular flexibility index (Phi) is 8.72. The highest BCUT2D eigenvalue weighted by Gasteiger charge is 2.26. The molecule has 0 spiro atoms. The van der Waals surface area contributed by atoms with E-state index in [4.69, 9.17) is 23.2 Å². The molecule has 0 radical (unpaired) electrons. The predicted octanol–water partition coefficient (Wildman–Crippen LogP) is 5.66. The Labute approximate surface area is 199 Å². The van der Waals surface area contributed by atoms with Gasteiger partial charge in [0.05, 0.1) is 0 Å². The molecule has 0 unspecified atom stereocenters. The molecule has 0 aliphatic carbocycles. The van der Waals surface area contributed by atoms with Gasteiger partial charge in [-0.15, -0.1) is 0 Å². The van der Waals surface area contributed by atoms with Crippen molar-refractivity contribution in [2.45, 2.75) is 38.9 Å². The van der Waals surface area contributed by atoms with Gasteiger partial charge >= 0.3 is 0 Å². The first-order valence-electron chi connectivity index (χ1n) is 10.5. The highest BCUT2D eigenvalue weighted by atomic mass is 35.5. The Morgan fingerprint density at radius 2 is 1.53 bits per heavy atom. The lowest BCUT2D eigenvalue weighted by atomic mass is 10.1. The van der Waals surface area contributed by atoms with E-state index in [9.17, 15) is 9.59 Å². The standard InChI is InChI=1S/C26H26Cl2N2O2/c1-19(26(32)29-17-22-13-14-23(27)16-24(22)28)30(18-21-10-6-3-7-11-21)25(31)15-12-20-8-4-2-5-9-20/h2-11,13-14,16,19H,12,15,17-18H2,1H3,(H,29,32)/t19-/m1/s1. The molecule has 0 aliphatic heterocycles. The zero-order valence-electron chi connectivity index (χ0n) is 17.9. The second-order valence-electron chi connectivity index (χ2n) is 7.62. The number of benzene rings is 3. The van der Waals surface area contributed by atoms with E-state index in [0.717, 1.165) is 16.7 Å². The lowest BCUT2D eigenvalue weighted by Gasteiger charge is -2.29. The minimum absolute atomic E-state index is 0.0649. The van der Waals surface area contributed by atoms with E-state index in [2.05, 4.69) is 5.32 Å². The van der Waals surface area contributed by atoms with E-state index in [1.807, 2.05) is 60.7 Å². The van der Waals surface area contributed by atoms with Crippen molar-refractivity contribution >= 4 is 35.0 Å². The Hall–Kier alpha value is -2.82. The predicted molar refractivity (Wildman–Crippen MR) is 130 cm³/mol. The summed E-state index contributed by atoms with van der Waals surface area (Å²) in [6, 6.07) is 24.1. The maximum absolute atomic E-state index is 13.1. The number of carbonyl (C=O) groups excluding carboxylic acids is 2. The van der Waals surface area contributed by atoms with Crippen LogP contribution in [0.5, 0.6) is 0 Å². The molecule has 0 bridgehead atoms. The Morgan fingerprint density at radius 1 is 0.906 bits per heavy atom. The van der Waals surface area contributed by atoms with Crippen molar-refractivity contribution in [2.75, 3.05) is 0 Å². The number of carbonyl (C=O) groups is 2. The monoisotopic (exact) mass is 468 g/mol. The van der Waals surface area contributed by atoms with Gasteiger partial charge in [0, 0.05) is 29.6 Å². The summed E-state index contributed by atoms with van der Waals surface area (Å²) in [5, 5.41) is 3.92. The first kappa shape index (κ1) is 23.8. The van der Waals surface area contributed by atoms with Gasteiger partial charge in [0.2, 0.25) is 11.8 Å². The van der Waals surface area contributed by atoms with Gasteiger partial charge in [-0.2, -0.15) is 0 Å². The summed E-state index contributed by atoms with van der Waals surface area (Å²) in [7, 11) is 0. The van der Waals surface area contributed by atoms with Crippen molar-refractivity contribution in [3.8, 4) is 0 Å². The van der Waals surface area contributed by atoms with Crippen LogP contribution >= 0.6 is 23.2 Å². The summed E-state index contributed by atoms with van der Waals surface area (Å²) in [6.45, 7) is 2.38. The molecule has 0 heterocycles. The minimum atomic E-state index is -0.635. The minimum Gasteiger partial charge on any atom is -0.350 e. The third-order valence-electron chi connectivity index (χ3n) is 5.30. The third-order valence-corrected chi connectivity index (χ3v) is 5.89. The molecule has 3 aromatic carbocycles. The largest absolute Gasteiger partial charge is 0.350 e. The Morgan fingerprint density at radius 3 is 2.16 bits per heavy atom. The van der Waals surface area contributed by atoms with Gasteiger partial charge in [0.15, 0.2) is 0 Å². The van der Waals surface area contributed by atoms with Gasteiger partial charge in [-0.3, -0.25) is 9.59 Å². The maximum atomic E-state index is 13.1.